The third-order valence-electron chi connectivity index (χ3n) is 3.81. The zero-order valence-electron chi connectivity index (χ0n) is 10.1. The lowest BCUT2D eigenvalue weighted by Gasteiger charge is -2.27. The van der Waals surface area contributed by atoms with Gasteiger partial charge in [0.1, 0.15) is 5.75 Å². The molecule has 2 nitrogen and oxygen atoms in total. The topological polar surface area (TPSA) is 29.5 Å². The second kappa shape index (κ2) is 4.46. The molecule has 1 aromatic carbocycles. The van der Waals surface area contributed by atoms with Gasteiger partial charge in [-0.15, -0.1) is 0 Å². The van der Waals surface area contributed by atoms with E-state index in [0.29, 0.717) is 5.92 Å². The van der Waals surface area contributed by atoms with Crippen LogP contribution in [0, 0.1) is 5.92 Å². The van der Waals surface area contributed by atoms with Crippen molar-refractivity contribution in [3.63, 3.8) is 0 Å². The fourth-order valence-corrected chi connectivity index (χ4v) is 2.63. The van der Waals surface area contributed by atoms with Gasteiger partial charge in [0.05, 0.1) is 12.7 Å². The largest absolute Gasteiger partial charge is 0.497 e. The third kappa shape index (κ3) is 2.22. The lowest BCUT2D eigenvalue weighted by Crippen LogP contribution is -2.34. The van der Waals surface area contributed by atoms with Crippen LogP contribution >= 0.6 is 0 Å². The van der Waals surface area contributed by atoms with Crippen molar-refractivity contribution in [1.82, 2.24) is 0 Å². The van der Waals surface area contributed by atoms with Crippen LogP contribution < -0.4 is 4.74 Å². The van der Waals surface area contributed by atoms with Crippen molar-refractivity contribution in [2.45, 2.75) is 38.2 Å². The maximum absolute atomic E-state index is 10.5. The molecule has 1 fully saturated rings. The highest BCUT2D eigenvalue weighted by atomic mass is 16.5. The van der Waals surface area contributed by atoms with Gasteiger partial charge in [-0.05, 0) is 36.5 Å². The standard InChI is InChI=1S/C14H20O2/c1-11-5-4-8-14(11,15)10-12-6-3-7-13(9-12)16-2/h3,6-7,9,11,15H,4-5,8,10H2,1-2H3. The summed E-state index contributed by atoms with van der Waals surface area (Å²) in [6.45, 7) is 2.15. The van der Waals surface area contributed by atoms with Gasteiger partial charge in [-0.3, -0.25) is 0 Å². The Hall–Kier alpha value is -1.02. The molecule has 0 aromatic heterocycles. The van der Waals surface area contributed by atoms with Crippen molar-refractivity contribution in [1.29, 1.82) is 0 Å². The summed E-state index contributed by atoms with van der Waals surface area (Å²) in [6.07, 6.45) is 3.94. The second-order valence-corrected chi connectivity index (χ2v) is 4.93. The van der Waals surface area contributed by atoms with Crippen LogP contribution in [-0.2, 0) is 6.42 Å². The summed E-state index contributed by atoms with van der Waals surface area (Å²) in [5.41, 5.74) is 0.655. The molecule has 2 heteroatoms. The summed E-state index contributed by atoms with van der Waals surface area (Å²) in [6, 6.07) is 8.00. The fraction of sp³-hybridized carbons (Fsp3) is 0.571. The minimum absolute atomic E-state index is 0.402. The van der Waals surface area contributed by atoms with Crippen molar-refractivity contribution in [2.24, 2.45) is 5.92 Å². The third-order valence-corrected chi connectivity index (χ3v) is 3.81. The molecule has 0 saturated heterocycles. The zero-order valence-corrected chi connectivity index (χ0v) is 10.1. The van der Waals surface area contributed by atoms with Gasteiger partial charge in [0.15, 0.2) is 0 Å². The molecule has 2 atom stereocenters. The van der Waals surface area contributed by atoms with Gasteiger partial charge in [0.2, 0.25) is 0 Å². The summed E-state index contributed by atoms with van der Waals surface area (Å²) >= 11 is 0. The van der Waals surface area contributed by atoms with E-state index >= 15 is 0 Å². The van der Waals surface area contributed by atoms with Crippen molar-refractivity contribution in [3.8, 4) is 5.75 Å². The first-order valence-electron chi connectivity index (χ1n) is 5.99. The molecule has 88 valence electrons. The summed E-state index contributed by atoms with van der Waals surface area (Å²) < 4.78 is 5.20. The van der Waals surface area contributed by atoms with E-state index in [-0.39, 0.29) is 0 Å². The van der Waals surface area contributed by atoms with Crippen LogP contribution in [0.3, 0.4) is 0 Å². The van der Waals surface area contributed by atoms with Gasteiger partial charge in [-0.25, -0.2) is 0 Å². The molecule has 1 N–H and O–H groups in total. The molecular weight excluding hydrogens is 200 g/mol. The van der Waals surface area contributed by atoms with E-state index in [2.05, 4.69) is 13.0 Å². The predicted octanol–water partition coefficient (Wildman–Crippen LogP) is 2.79. The first-order valence-corrected chi connectivity index (χ1v) is 5.99. The lowest BCUT2D eigenvalue weighted by molar-refractivity contribution is 0.00957. The molecule has 0 radical (unpaired) electrons. The molecule has 1 aliphatic carbocycles. The normalized spacial score (nSPS) is 29.3. The SMILES string of the molecule is COc1cccc(CC2(O)CCCC2C)c1. The van der Waals surface area contributed by atoms with E-state index in [4.69, 9.17) is 4.74 Å². The molecule has 0 spiro atoms. The first kappa shape index (κ1) is 11.5. The maximum atomic E-state index is 10.5. The zero-order chi connectivity index (χ0) is 11.6. The number of hydrogen-bond donors (Lipinski definition) is 1. The van der Waals surface area contributed by atoms with Crippen LogP contribution in [0.4, 0.5) is 0 Å². The van der Waals surface area contributed by atoms with Crippen LogP contribution in [0.1, 0.15) is 31.7 Å². The van der Waals surface area contributed by atoms with E-state index in [9.17, 15) is 5.11 Å². The van der Waals surface area contributed by atoms with Gasteiger partial charge >= 0.3 is 0 Å². The molecule has 1 saturated carbocycles. The smallest absolute Gasteiger partial charge is 0.119 e. The molecule has 1 aromatic rings. The number of hydrogen-bond acceptors (Lipinski definition) is 2. The monoisotopic (exact) mass is 220 g/mol. The van der Waals surface area contributed by atoms with Crippen LogP contribution in [0.25, 0.3) is 0 Å². The first-order chi connectivity index (χ1) is 7.64. The molecule has 2 rings (SSSR count). The average molecular weight is 220 g/mol. The maximum Gasteiger partial charge on any atom is 0.119 e. The van der Waals surface area contributed by atoms with E-state index in [1.165, 1.54) is 0 Å². The van der Waals surface area contributed by atoms with Crippen molar-refractivity contribution < 1.29 is 9.84 Å². The number of ether oxygens (including phenoxy) is 1. The highest BCUT2D eigenvalue weighted by molar-refractivity contribution is 5.29. The predicted molar refractivity (Wildman–Crippen MR) is 64.7 cm³/mol. The van der Waals surface area contributed by atoms with Gasteiger partial charge < -0.3 is 9.84 Å². The van der Waals surface area contributed by atoms with Crippen LogP contribution in [0.5, 0.6) is 5.75 Å². The Morgan fingerprint density at radius 1 is 1.50 bits per heavy atom. The molecule has 16 heavy (non-hydrogen) atoms. The summed E-state index contributed by atoms with van der Waals surface area (Å²) in [7, 11) is 1.67. The summed E-state index contributed by atoms with van der Waals surface area (Å²) in [4.78, 5) is 0. The number of benzene rings is 1. The molecule has 0 aliphatic heterocycles. The molecule has 0 heterocycles. The van der Waals surface area contributed by atoms with Crippen LogP contribution in [-0.4, -0.2) is 17.8 Å². The Kier molecular flexibility index (Phi) is 3.20. The second-order valence-electron chi connectivity index (χ2n) is 4.93. The molecule has 2 unspecified atom stereocenters. The number of rotatable bonds is 3. The highest BCUT2D eigenvalue weighted by Gasteiger charge is 2.37. The Labute approximate surface area is 97.3 Å². The van der Waals surface area contributed by atoms with Crippen LogP contribution in [0.2, 0.25) is 0 Å². The van der Waals surface area contributed by atoms with Gasteiger partial charge in [-0.1, -0.05) is 25.5 Å². The average Bonchev–Trinajstić information content (AvgIpc) is 2.59. The Morgan fingerprint density at radius 2 is 2.31 bits per heavy atom. The quantitative estimate of drug-likeness (QED) is 0.848. The van der Waals surface area contributed by atoms with Crippen LogP contribution in [0.15, 0.2) is 24.3 Å². The highest BCUT2D eigenvalue weighted by Crippen LogP contribution is 2.38. The molecular formula is C14H20O2. The van der Waals surface area contributed by atoms with Gasteiger partial charge in [0, 0.05) is 6.42 Å². The fourth-order valence-electron chi connectivity index (χ4n) is 2.63. The van der Waals surface area contributed by atoms with E-state index < -0.39 is 5.60 Å². The minimum Gasteiger partial charge on any atom is -0.497 e. The van der Waals surface area contributed by atoms with Crippen molar-refractivity contribution in [3.05, 3.63) is 29.8 Å². The van der Waals surface area contributed by atoms with Gasteiger partial charge in [-0.2, -0.15) is 0 Å². The van der Waals surface area contributed by atoms with E-state index in [1.807, 2.05) is 18.2 Å². The minimum atomic E-state index is -0.508. The van der Waals surface area contributed by atoms with E-state index in [1.54, 1.807) is 7.11 Å². The van der Waals surface area contributed by atoms with E-state index in [0.717, 1.165) is 37.0 Å². The molecule has 0 bridgehead atoms. The Morgan fingerprint density at radius 3 is 2.94 bits per heavy atom. The molecule has 0 amide bonds. The van der Waals surface area contributed by atoms with Crippen molar-refractivity contribution in [2.75, 3.05) is 7.11 Å². The van der Waals surface area contributed by atoms with Crippen molar-refractivity contribution >= 4 is 0 Å². The lowest BCUT2D eigenvalue weighted by atomic mass is 9.86. The summed E-state index contributed by atoms with van der Waals surface area (Å²) in [5.74, 6) is 1.27. The number of aliphatic hydroxyl groups is 1. The molecule has 1 aliphatic rings. The summed E-state index contributed by atoms with van der Waals surface area (Å²) in [5, 5.41) is 10.5. The number of methoxy groups -OCH3 is 1. The Bertz CT molecular complexity index is 362. The Balaban J connectivity index is 2.13. The van der Waals surface area contributed by atoms with Gasteiger partial charge in [0.25, 0.3) is 0 Å².